The van der Waals surface area contributed by atoms with Gasteiger partial charge in [0.05, 0.1) is 22.5 Å². The number of nitriles is 1. The number of carbonyl (C=O) groups excluding carboxylic acids is 1. The summed E-state index contributed by atoms with van der Waals surface area (Å²) in [5.74, 6) is -0.254. The first-order valence-electron chi connectivity index (χ1n) is 8.10. The number of para-hydroxylation sites is 1. The minimum absolute atomic E-state index is 0.160. The summed E-state index contributed by atoms with van der Waals surface area (Å²) in [5, 5.41) is 9.44. The van der Waals surface area contributed by atoms with E-state index in [-0.39, 0.29) is 24.5 Å². The normalized spacial score (nSPS) is 10.5. The quantitative estimate of drug-likeness (QED) is 0.678. The van der Waals surface area contributed by atoms with E-state index >= 15 is 0 Å². The summed E-state index contributed by atoms with van der Waals surface area (Å²) >= 11 is 0. The van der Waals surface area contributed by atoms with E-state index in [2.05, 4.69) is 4.98 Å². The zero-order chi connectivity index (χ0) is 18.7. The lowest BCUT2D eigenvalue weighted by Crippen LogP contribution is -2.26. The van der Waals surface area contributed by atoms with Crippen LogP contribution in [0.2, 0.25) is 0 Å². The molecule has 0 aliphatic heterocycles. The standard InChI is InChI=1S/C20H17N3O3/c1-13-9-14(2)11-15(10-13)20(25)26-12-18-22-17-6-4-3-5-16(17)19(24)23(18)8-7-21/h3-6,9-11H,8,12H2,1-2H3. The molecule has 1 aromatic heterocycles. The molecule has 6 nitrogen and oxygen atoms in total. The summed E-state index contributed by atoms with van der Waals surface area (Å²) in [6.45, 7) is 3.46. The van der Waals surface area contributed by atoms with Crippen molar-refractivity contribution in [1.82, 2.24) is 9.55 Å². The Morgan fingerprint density at radius 3 is 2.58 bits per heavy atom. The van der Waals surface area contributed by atoms with Crippen LogP contribution in [0.1, 0.15) is 27.3 Å². The maximum absolute atomic E-state index is 12.6. The monoisotopic (exact) mass is 347 g/mol. The van der Waals surface area contributed by atoms with Crippen LogP contribution in [-0.2, 0) is 17.9 Å². The first-order chi connectivity index (χ1) is 12.5. The van der Waals surface area contributed by atoms with Crippen molar-refractivity contribution in [2.45, 2.75) is 27.0 Å². The lowest BCUT2D eigenvalue weighted by atomic mass is 10.1. The predicted molar refractivity (Wildman–Crippen MR) is 96.7 cm³/mol. The number of benzene rings is 2. The smallest absolute Gasteiger partial charge is 0.338 e. The van der Waals surface area contributed by atoms with Crippen LogP contribution in [0.25, 0.3) is 10.9 Å². The highest BCUT2D eigenvalue weighted by Crippen LogP contribution is 2.12. The molecule has 0 spiro atoms. The van der Waals surface area contributed by atoms with Gasteiger partial charge in [-0.3, -0.25) is 9.36 Å². The first-order valence-corrected chi connectivity index (χ1v) is 8.10. The molecule has 0 atom stereocenters. The zero-order valence-corrected chi connectivity index (χ0v) is 14.5. The highest BCUT2D eigenvalue weighted by atomic mass is 16.5. The van der Waals surface area contributed by atoms with Gasteiger partial charge in [-0.2, -0.15) is 5.26 Å². The van der Waals surface area contributed by atoms with Gasteiger partial charge in [-0.15, -0.1) is 0 Å². The number of rotatable bonds is 4. The Morgan fingerprint density at radius 1 is 1.19 bits per heavy atom. The molecular formula is C20H17N3O3. The molecule has 3 aromatic rings. The lowest BCUT2D eigenvalue weighted by molar-refractivity contribution is 0.0457. The second kappa shape index (κ2) is 7.19. The summed E-state index contributed by atoms with van der Waals surface area (Å²) in [5.41, 5.74) is 2.54. The maximum atomic E-state index is 12.6. The molecule has 0 unspecified atom stereocenters. The minimum atomic E-state index is -0.497. The Labute approximate surface area is 150 Å². The second-order valence-corrected chi connectivity index (χ2v) is 6.05. The van der Waals surface area contributed by atoms with Crippen molar-refractivity contribution >= 4 is 16.9 Å². The van der Waals surface area contributed by atoms with Crippen LogP contribution in [0.3, 0.4) is 0 Å². The molecule has 0 amide bonds. The summed E-state index contributed by atoms with van der Waals surface area (Å²) in [6, 6.07) is 14.3. The van der Waals surface area contributed by atoms with E-state index in [1.54, 1.807) is 36.4 Å². The van der Waals surface area contributed by atoms with Crippen molar-refractivity contribution in [1.29, 1.82) is 5.26 Å². The highest BCUT2D eigenvalue weighted by Gasteiger charge is 2.14. The number of esters is 1. The number of hydrogen-bond donors (Lipinski definition) is 0. The van der Waals surface area contributed by atoms with Crippen LogP contribution < -0.4 is 5.56 Å². The molecule has 2 aromatic carbocycles. The summed E-state index contributed by atoms with van der Waals surface area (Å²) in [4.78, 5) is 29.3. The molecule has 0 saturated carbocycles. The van der Waals surface area contributed by atoms with E-state index in [9.17, 15) is 9.59 Å². The molecule has 26 heavy (non-hydrogen) atoms. The fraction of sp³-hybridized carbons (Fsp3) is 0.200. The van der Waals surface area contributed by atoms with Gasteiger partial charge >= 0.3 is 5.97 Å². The molecule has 0 bridgehead atoms. The molecule has 6 heteroatoms. The van der Waals surface area contributed by atoms with Crippen LogP contribution in [0.15, 0.2) is 47.3 Å². The van der Waals surface area contributed by atoms with Gasteiger partial charge in [0.15, 0.2) is 5.82 Å². The second-order valence-electron chi connectivity index (χ2n) is 6.05. The predicted octanol–water partition coefficient (Wildman–Crippen LogP) is 2.89. The van der Waals surface area contributed by atoms with Crippen molar-refractivity contribution in [2.24, 2.45) is 0 Å². The lowest BCUT2D eigenvalue weighted by Gasteiger charge is -2.11. The van der Waals surface area contributed by atoms with Gasteiger partial charge in [0.25, 0.3) is 5.56 Å². The molecule has 0 aliphatic rings. The van der Waals surface area contributed by atoms with Gasteiger partial charge in [-0.25, -0.2) is 9.78 Å². The molecule has 0 fully saturated rings. The maximum Gasteiger partial charge on any atom is 0.338 e. The molecule has 0 saturated heterocycles. The number of aromatic nitrogens is 2. The number of fused-ring (bicyclic) bond motifs is 1. The largest absolute Gasteiger partial charge is 0.454 e. The van der Waals surface area contributed by atoms with Crippen LogP contribution in [0, 0.1) is 25.2 Å². The topological polar surface area (TPSA) is 85.0 Å². The van der Waals surface area contributed by atoms with E-state index in [0.717, 1.165) is 11.1 Å². The third-order valence-electron chi connectivity index (χ3n) is 3.96. The Hall–Kier alpha value is -3.46. The first kappa shape index (κ1) is 17.4. The van der Waals surface area contributed by atoms with Crippen molar-refractivity contribution in [3.63, 3.8) is 0 Å². The number of aryl methyl sites for hydroxylation is 2. The molecular weight excluding hydrogens is 330 g/mol. The van der Waals surface area contributed by atoms with E-state index in [4.69, 9.17) is 10.00 Å². The summed E-state index contributed by atoms with van der Waals surface area (Å²) < 4.78 is 6.58. The van der Waals surface area contributed by atoms with Crippen LogP contribution in [0.5, 0.6) is 0 Å². The van der Waals surface area contributed by atoms with Gasteiger partial charge in [0.1, 0.15) is 13.2 Å². The Kier molecular flexibility index (Phi) is 4.81. The number of hydrogen-bond acceptors (Lipinski definition) is 5. The van der Waals surface area contributed by atoms with E-state index < -0.39 is 5.97 Å². The molecule has 1 heterocycles. The molecule has 130 valence electrons. The summed E-state index contributed by atoms with van der Waals surface area (Å²) in [7, 11) is 0. The van der Waals surface area contributed by atoms with Crippen molar-refractivity contribution in [3.8, 4) is 6.07 Å². The summed E-state index contributed by atoms with van der Waals surface area (Å²) in [6.07, 6.45) is 0. The Morgan fingerprint density at radius 2 is 1.88 bits per heavy atom. The molecule has 3 rings (SSSR count). The SMILES string of the molecule is Cc1cc(C)cc(C(=O)OCc2nc3ccccc3c(=O)n2CC#N)c1. The highest BCUT2D eigenvalue weighted by molar-refractivity contribution is 5.89. The van der Waals surface area contributed by atoms with Crippen LogP contribution in [0.4, 0.5) is 0 Å². The van der Waals surface area contributed by atoms with Crippen LogP contribution in [-0.4, -0.2) is 15.5 Å². The zero-order valence-electron chi connectivity index (χ0n) is 14.5. The van der Waals surface area contributed by atoms with Gasteiger partial charge in [0, 0.05) is 0 Å². The average Bonchev–Trinajstić information content (AvgIpc) is 2.61. The van der Waals surface area contributed by atoms with Crippen molar-refractivity contribution in [2.75, 3.05) is 0 Å². The third kappa shape index (κ3) is 3.47. The molecule has 0 radical (unpaired) electrons. The Bertz CT molecular complexity index is 1070. The molecule has 0 aliphatic carbocycles. The van der Waals surface area contributed by atoms with Crippen molar-refractivity contribution in [3.05, 3.63) is 75.3 Å². The van der Waals surface area contributed by atoms with Gasteiger partial charge < -0.3 is 4.74 Å². The van der Waals surface area contributed by atoms with Crippen molar-refractivity contribution < 1.29 is 9.53 Å². The minimum Gasteiger partial charge on any atom is -0.454 e. The van der Waals surface area contributed by atoms with Crippen LogP contribution >= 0.6 is 0 Å². The average molecular weight is 347 g/mol. The number of ether oxygens (including phenoxy) is 1. The van der Waals surface area contributed by atoms with Gasteiger partial charge in [0.2, 0.25) is 0 Å². The van der Waals surface area contributed by atoms with E-state index in [0.29, 0.717) is 16.5 Å². The number of carbonyl (C=O) groups is 1. The van der Waals surface area contributed by atoms with E-state index in [1.165, 1.54) is 4.57 Å². The third-order valence-corrected chi connectivity index (χ3v) is 3.96. The number of nitrogens with zero attached hydrogens (tertiary/aromatic N) is 3. The molecule has 0 N–H and O–H groups in total. The Balaban J connectivity index is 1.93. The van der Waals surface area contributed by atoms with E-state index in [1.807, 2.05) is 26.0 Å². The van der Waals surface area contributed by atoms with Gasteiger partial charge in [-0.05, 0) is 38.1 Å². The fourth-order valence-corrected chi connectivity index (χ4v) is 2.86. The fourth-order valence-electron chi connectivity index (χ4n) is 2.86. The van der Waals surface area contributed by atoms with Gasteiger partial charge in [-0.1, -0.05) is 29.3 Å².